The summed E-state index contributed by atoms with van der Waals surface area (Å²) in [6.45, 7) is 3.24. The Hall–Kier alpha value is -1.71. The number of hydroxylamine groups is 4. The standard InChI is InChI=1S/C17H34N4O5/c1-15(22)20(25)13-7-4-6-12-19-16(23)9-10-17(24)21(26)14-8-3-5-11-18-2/h18,25-26H,3-14H2,1-2H3,(H,19,23). The van der Waals surface area contributed by atoms with Crippen LogP contribution in [-0.4, -0.2) is 71.5 Å². The molecule has 0 radical (unpaired) electrons. The van der Waals surface area contributed by atoms with Gasteiger partial charge in [0.2, 0.25) is 17.7 Å². The summed E-state index contributed by atoms with van der Waals surface area (Å²) in [5.41, 5.74) is 0. The smallest absolute Gasteiger partial charge is 0.246 e. The first kappa shape index (κ1) is 24.3. The van der Waals surface area contributed by atoms with Crippen LogP contribution in [0.15, 0.2) is 0 Å². The first-order valence-corrected chi connectivity index (χ1v) is 9.26. The normalized spacial score (nSPS) is 10.5. The van der Waals surface area contributed by atoms with Gasteiger partial charge in [-0.2, -0.15) is 0 Å². The van der Waals surface area contributed by atoms with Gasteiger partial charge in [-0.1, -0.05) is 6.42 Å². The third kappa shape index (κ3) is 13.6. The van der Waals surface area contributed by atoms with E-state index in [1.165, 1.54) is 6.92 Å². The van der Waals surface area contributed by atoms with E-state index in [0.717, 1.165) is 38.6 Å². The fourth-order valence-electron chi connectivity index (χ4n) is 2.25. The summed E-state index contributed by atoms with van der Waals surface area (Å²) >= 11 is 0. The third-order valence-electron chi connectivity index (χ3n) is 3.88. The van der Waals surface area contributed by atoms with Crippen molar-refractivity contribution in [2.45, 2.75) is 58.3 Å². The average Bonchev–Trinajstić information content (AvgIpc) is 2.61. The van der Waals surface area contributed by atoms with Gasteiger partial charge in [-0.15, -0.1) is 0 Å². The van der Waals surface area contributed by atoms with Crippen molar-refractivity contribution in [2.75, 3.05) is 33.2 Å². The van der Waals surface area contributed by atoms with Crippen molar-refractivity contribution in [3.05, 3.63) is 0 Å². The third-order valence-corrected chi connectivity index (χ3v) is 3.88. The molecule has 9 heteroatoms. The number of carbonyl (C=O) groups is 3. The molecule has 0 heterocycles. The molecule has 0 atom stereocenters. The summed E-state index contributed by atoms with van der Waals surface area (Å²) < 4.78 is 0. The molecule has 3 amide bonds. The van der Waals surface area contributed by atoms with Crippen LogP contribution in [0.4, 0.5) is 0 Å². The van der Waals surface area contributed by atoms with Crippen LogP contribution in [0.25, 0.3) is 0 Å². The monoisotopic (exact) mass is 374 g/mol. The number of carbonyl (C=O) groups excluding carboxylic acids is 3. The van der Waals surface area contributed by atoms with E-state index >= 15 is 0 Å². The average molecular weight is 374 g/mol. The maximum absolute atomic E-state index is 11.7. The van der Waals surface area contributed by atoms with Crippen molar-refractivity contribution in [1.82, 2.24) is 20.8 Å². The highest BCUT2D eigenvalue weighted by atomic mass is 16.5. The van der Waals surface area contributed by atoms with Crippen LogP contribution in [-0.2, 0) is 14.4 Å². The van der Waals surface area contributed by atoms with Crippen LogP contribution >= 0.6 is 0 Å². The van der Waals surface area contributed by atoms with E-state index < -0.39 is 5.91 Å². The van der Waals surface area contributed by atoms with Gasteiger partial charge in [-0.25, -0.2) is 10.1 Å². The second kappa shape index (κ2) is 15.5. The highest BCUT2D eigenvalue weighted by Gasteiger charge is 2.12. The summed E-state index contributed by atoms with van der Waals surface area (Å²) in [5.74, 6) is -1.06. The van der Waals surface area contributed by atoms with Crippen LogP contribution < -0.4 is 10.6 Å². The minimum Gasteiger partial charge on any atom is -0.356 e. The molecular formula is C17H34N4O5. The highest BCUT2D eigenvalue weighted by Crippen LogP contribution is 2.01. The molecule has 0 fully saturated rings. The zero-order valence-corrected chi connectivity index (χ0v) is 16.0. The summed E-state index contributed by atoms with van der Waals surface area (Å²) in [4.78, 5) is 34.2. The maximum atomic E-state index is 11.7. The Morgan fingerprint density at radius 1 is 0.808 bits per heavy atom. The molecule has 0 aliphatic heterocycles. The van der Waals surface area contributed by atoms with Gasteiger partial charge in [0.1, 0.15) is 0 Å². The number of nitrogens with zero attached hydrogens (tertiary/aromatic N) is 2. The van der Waals surface area contributed by atoms with E-state index in [1.807, 2.05) is 7.05 Å². The summed E-state index contributed by atoms with van der Waals surface area (Å²) in [5, 5.41) is 25.9. The number of rotatable bonds is 15. The molecule has 0 aromatic heterocycles. The molecule has 152 valence electrons. The second-order valence-electron chi connectivity index (χ2n) is 6.23. The second-order valence-corrected chi connectivity index (χ2v) is 6.23. The van der Waals surface area contributed by atoms with E-state index in [2.05, 4.69) is 10.6 Å². The predicted octanol–water partition coefficient (Wildman–Crippen LogP) is 0.898. The van der Waals surface area contributed by atoms with Gasteiger partial charge < -0.3 is 10.6 Å². The van der Waals surface area contributed by atoms with E-state index in [1.54, 1.807) is 0 Å². The number of amides is 3. The number of hydrogen-bond acceptors (Lipinski definition) is 6. The van der Waals surface area contributed by atoms with Crippen LogP contribution in [0, 0.1) is 0 Å². The molecule has 0 aliphatic rings. The summed E-state index contributed by atoms with van der Waals surface area (Å²) in [6, 6.07) is 0. The lowest BCUT2D eigenvalue weighted by Crippen LogP contribution is -2.31. The van der Waals surface area contributed by atoms with Crippen molar-refractivity contribution < 1.29 is 24.8 Å². The van der Waals surface area contributed by atoms with Crippen molar-refractivity contribution >= 4 is 17.7 Å². The Labute approximate surface area is 155 Å². The van der Waals surface area contributed by atoms with Gasteiger partial charge in [-0.05, 0) is 45.7 Å². The first-order chi connectivity index (χ1) is 12.4. The maximum Gasteiger partial charge on any atom is 0.246 e. The molecule has 0 aliphatic carbocycles. The van der Waals surface area contributed by atoms with Gasteiger partial charge in [0.05, 0.1) is 0 Å². The summed E-state index contributed by atoms with van der Waals surface area (Å²) in [6.07, 6.45) is 4.81. The van der Waals surface area contributed by atoms with E-state index in [9.17, 15) is 24.8 Å². The lowest BCUT2D eigenvalue weighted by Gasteiger charge is -2.14. The first-order valence-electron chi connectivity index (χ1n) is 9.26. The molecule has 26 heavy (non-hydrogen) atoms. The molecule has 0 rings (SSSR count). The molecule has 0 saturated carbocycles. The largest absolute Gasteiger partial charge is 0.356 e. The zero-order valence-electron chi connectivity index (χ0n) is 16.0. The molecule has 0 aromatic rings. The van der Waals surface area contributed by atoms with Crippen LogP contribution in [0.2, 0.25) is 0 Å². The molecule has 0 saturated heterocycles. The van der Waals surface area contributed by atoms with Gasteiger partial charge in [-0.3, -0.25) is 24.8 Å². The Morgan fingerprint density at radius 3 is 1.96 bits per heavy atom. The van der Waals surface area contributed by atoms with Gasteiger partial charge >= 0.3 is 0 Å². The highest BCUT2D eigenvalue weighted by molar-refractivity contribution is 5.83. The molecule has 0 spiro atoms. The predicted molar refractivity (Wildman–Crippen MR) is 96.5 cm³/mol. The fourth-order valence-corrected chi connectivity index (χ4v) is 2.25. The Bertz CT molecular complexity index is 420. The van der Waals surface area contributed by atoms with Crippen molar-refractivity contribution in [3.8, 4) is 0 Å². The van der Waals surface area contributed by atoms with Gasteiger partial charge in [0, 0.05) is 39.4 Å². The SMILES string of the molecule is CNCCCCCN(O)C(=O)CCC(=O)NCCCCCN(O)C(C)=O. The van der Waals surface area contributed by atoms with Crippen molar-refractivity contribution in [1.29, 1.82) is 0 Å². The Morgan fingerprint density at radius 2 is 1.38 bits per heavy atom. The van der Waals surface area contributed by atoms with Gasteiger partial charge in [0.25, 0.3) is 0 Å². The number of hydrogen-bond donors (Lipinski definition) is 4. The van der Waals surface area contributed by atoms with E-state index in [4.69, 9.17) is 0 Å². The lowest BCUT2D eigenvalue weighted by molar-refractivity contribution is -0.166. The molecule has 0 aromatic carbocycles. The van der Waals surface area contributed by atoms with Crippen LogP contribution in [0.5, 0.6) is 0 Å². The van der Waals surface area contributed by atoms with E-state index in [-0.39, 0.29) is 37.7 Å². The number of nitrogens with one attached hydrogen (secondary N) is 2. The quantitative estimate of drug-likeness (QED) is 0.192. The molecule has 0 unspecified atom stereocenters. The minimum absolute atomic E-state index is 0.0169. The number of unbranched alkanes of at least 4 members (excludes halogenated alkanes) is 4. The van der Waals surface area contributed by atoms with Crippen molar-refractivity contribution in [2.24, 2.45) is 0 Å². The molecule has 0 bridgehead atoms. The zero-order chi connectivity index (χ0) is 19.8. The summed E-state index contributed by atoms with van der Waals surface area (Å²) in [7, 11) is 1.88. The van der Waals surface area contributed by atoms with Crippen LogP contribution in [0.1, 0.15) is 58.3 Å². The molecule has 4 N–H and O–H groups in total. The van der Waals surface area contributed by atoms with Gasteiger partial charge in [0.15, 0.2) is 0 Å². The van der Waals surface area contributed by atoms with E-state index in [0.29, 0.717) is 23.1 Å². The van der Waals surface area contributed by atoms with Crippen LogP contribution in [0.3, 0.4) is 0 Å². The molecule has 9 nitrogen and oxygen atoms in total. The van der Waals surface area contributed by atoms with Crippen molar-refractivity contribution in [3.63, 3.8) is 0 Å². The Kier molecular flexibility index (Phi) is 14.5. The lowest BCUT2D eigenvalue weighted by atomic mass is 10.2. The Balaban J connectivity index is 3.62. The fraction of sp³-hybridized carbons (Fsp3) is 0.824. The molecular weight excluding hydrogens is 340 g/mol. The topological polar surface area (TPSA) is 122 Å². The minimum atomic E-state index is -0.443.